The summed E-state index contributed by atoms with van der Waals surface area (Å²) in [5.74, 6) is -0.518. The van der Waals surface area contributed by atoms with Crippen LogP contribution in [0.5, 0.6) is 5.75 Å². The number of rotatable bonds is 7. The molecule has 0 bridgehead atoms. The van der Waals surface area contributed by atoms with Crippen LogP contribution in [0.3, 0.4) is 0 Å². The lowest BCUT2D eigenvalue weighted by Gasteiger charge is -2.40. The highest BCUT2D eigenvalue weighted by molar-refractivity contribution is 7.90. The van der Waals surface area contributed by atoms with Crippen LogP contribution in [0, 0.1) is 5.92 Å². The lowest BCUT2D eigenvalue weighted by atomic mass is 9.99. The topological polar surface area (TPSA) is 140 Å². The number of carbonyl (C=O) groups excluding carboxylic acids is 1. The number of hydrogen-bond acceptors (Lipinski definition) is 9. The molecule has 180 valence electrons. The monoisotopic (exact) mass is 480 g/mol. The average molecular weight is 481 g/mol. The summed E-state index contributed by atoms with van der Waals surface area (Å²) >= 11 is 0. The number of ether oxygens (including phenoxy) is 3. The molecular weight excluding hydrogens is 452 g/mol. The van der Waals surface area contributed by atoms with E-state index in [1.54, 1.807) is 50.2 Å². The van der Waals surface area contributed by atoms with Crippen LogP contribution in [-0.4, -0.2) is 73.3 Å². The Morgan fingerprint density at radius 3 is 2.00 bits per heavy atom. The number of sulfone groups is 1. The van der Waals surface area contributed by atoms with Gasteiger partial charge in [0.05, 0.1) is 10.8 Å². The summed E-state index contributed by atoms with van der Waals surface area (Å²) in [6, 6.07) is 13.2. The number of hydrogen-bond donors (Lipinski definition) is 3. The van der Waals surface area contributed by atoms with E-state index in [0.717, 1.165) is 17.4 Å². The summed E-state index contributed by atoms with van der Waals surface area (Å²) in [7, 11) is -3.28. The third-order valence-electron chi connectivity index (χ3n) is 5.25. The largest absolute Gasteiger partial charge is 0.463 e. The first-order valence-corrected chi connectivity index (χ1v) is 12.3. The summed E-state index contributed by atoms with van der Waals surface area (Å²) in [6.07, 6.45) is -5.78. The zero-order valence-electron chi connectivity index (χ0n) is 18.5. The van der Waals surface area contributed by atoms with Gasteiger partial charge < -0.3 is 29.5 Å². The molecule has 1 fully saturated rings. The maximum atomic E-state index is 11.7. The van der Waals surface area contributed by atoms with E-state index in [2.05, 4.69) is 0 Å². The van der Waals surface area contributed by atoms with Gasteiger partial charge >= 0.3 is 5.97 Å². The van der Waals surface area contributed by atoms with E-state index in [4.69, 9.17) is 14.2 Å². The summed E-state index contributed by atoms with van der Waals surface area (Å²) in [4.78, 5) is 11.9. The van der Waals surface area contributed by atoms with Crippen molar-refractivity contribution in [2.24, 2.45) is 5.92 Å². The molecule has 2 aromatic carbocycles. The first-order valence-electron chi connectivity index (χ1n) is 10.4. The van der Waals surface area contributed by atoms with Gasteiger partial charge in [-0.3, -0.25) is 4.79 Å². The first kappa shape index (κ1) is 25.1. The highest BCUT2D eigenvalue weighted by atomic mass is 32.2. The molecule has 0 aromatic heterocycles. The molecule has 9 nitrogen and oxygen atoms in total. The van der Waals surface area contributed by atoms with Crippen LogP contribution in [-0.2, 0) is 24.1 Å². The summed E-state index contributed by atoms with van der Waals surface area (Å²) in [6.45, 7) is 3.02. The summed E-state index contributed by atoms with van der Waals surface area (Å²) in [5.41, 5.74) is 1.61. The number of benzene rings is 2. The lowest BCUT2D eigenvalue weighted by Crippen LogP contribution is -2.60. The van der Waals surface area contributed by atoms with Gasteiger partial charge in [-0.05, 0) is 35.4 Å². The highest BCUT2D eigenvalue weighted by Crippen LogP contribution is 2.27. The molecule has 0 spiro atoms. The maximum absolute atomic E-state index is 11.7. The van der Waals surface area contributed by atoms with Crippen molar-refractivity contribution in [3.63, 3.8) is 0 Å². The number of carbonyl (C=O) groups is 1. The molecule has 3 rings (SSSR count). The van der Waals surface area contributed by atoms with Gasteiger partial charge in [0.15, 0.2) is 9.84 Å². The quantitative estimate of drug-likeness (QED) is 0.498. The van der Waals surface area contributed by atoms with Crippen molar-refractivity contribution in [3.05, 3.63) is 48.5 Å². The van der Waals surface area contributed by atoms with Crippen molar-refractivity contribution >= 4 is 15.8 Å². The van der Waals surface area contributed by atoms with Crippen molar-refractivity contribution < 1.29 is 42.7 Å². The summed E-state index contributed by atoms with van der Waals surface area (Å²) < 4.78 is 39.5. The van der Waals surface area contributed by atoms with E-state index in [1.165, 1.54) is 12.1 Å². The number of aliphatic hydroxyl groups is 3. The molecule has 2 aromatic rings. The van der Waals surface area contributed by atoms with E-state index >= 15 is 0 Å². The second kappa shape index (κ2) is 10.2. The van der Waals surface area contributed by atoms with Crippen molar-refractivity contribution in [2.75, 3.05) is 12.9 Å². The Morgan fingerprint density at radius 1 is 0.939 bits per heavy atom. The van der Waals surface area contributed by atoms with Crippen molar-refractivity contribution in [3.8, 4) is 16.9 Å². The van der Waals surface area contributed by atoms with E-state index < -0.39 is 46.5 Å². The molecule has 0 unspecified atom stereocenters. The van der Waals surface area contributed by atoms with E-state index in [0.29, 0.717) is 5.75 Å². The predicted octanol–water partition coefficient (Wildman–Crippen LogP) is 1.14. The zero-order chi connectivity index (χ0) is 24.3. The Bertz CT molecular complexity index is 1050. The minimum Gasteiger partial charge on any atom is -0.463 e. The van der Waals surface area contributed by atoms with Crippen LogP contribution in [0.1, 0.15) is 13.8 Å². The highest BCUT2D eigenvalue weighted by Gasteiger charge is 2.45. The third kappa shape index (κ3) is 6.10. The predicted molar refractivity (Wildman–Crippen MR) is 118 cm³/mol. The molecule has 1 heterocycles. The van der Waals surface area contributed by atoms with Crippen LogP contribution < -0.4 is 4.74 Å². The van der Waals surface area contributed by atoms with Gasteiger partial charge in [0, 0.05) is 6.26 Å². The van der Waals surface area contributed by atoms with E-state index in [9.17, 15) is 28.5 Å². The van der Waals surface area contributed by atoms with Gasteiger partial charge in [-0.15, -0.1) is 0 Å². The molecule has 10 heteroatoms. The lowest BCUT2D eigenvalue weighted by molar-refractivity contribution is -0.278. The van der Waals surface area contributed by atoms with Gasteiger partial charge in [-0.2, -0.15) is 0 Å². The zero-order valence-corrected chi connectivity index (χ0v) is 19.3. The molecule has 33 heavy (non-hydrogen) atoms. The normalized spacial score (nSPS) is 25.6. The van der Waals surface area contributed by atoms with Gasteiger partial charge in [0.25, 0.3) is 0 Å². The van der Waals surface area contributed by atoms with Crippen LogP contribution in [0.4, 0.5) is 0 Å². The Balaban J connectivity index is 1.68. The van der Waals surface area contributed by atoms with Crippen LogP contribution in [0.2, 0.25) is 0 Å². The van der Waals surface area contributed by atoms with E-state index in [-0.39, 0.29) is 17.4 Å². The molecule has 1 saturated heterocycles. The minimum absolute atomic E-state index is 0.226. The molecule has 1 aliphatic heterocycles. The Kier molecular flexibility index (Phi) is 7.76. The van der Waals surface area contributed by atoms with Crippen molar-refractivity contribution in [1.82, 2.24) is 0 Å². The SMILES string of the molecule is CC(C)C(=O)OC[C@H]1O[C@H](Oc2ccc(-c3ccc(S(C)(=O)=O)cc3)cc2)[C@@H](O)[C@@H](O)[C@@H]1O. The van der Waals surface area contributed by atoms with Crippen molar-refractivity contribution in [2.45, 2.75) is 49.4 Å². The molecule has 0 saturated carbocycles. The minimum atomic E-state index is -3.28. The van der Waals surface area contributed by atoms with Crippen LogP contribution in [0.25, 0.3) is 11.1 Å². The van der Waals surface area contributed by atoms with E-state index in [1.807, 2.05) is 0 Å². The smallest absolute Gasteiger partial charge is 0.308 e. The third-order valence-corrected chi connectivity index (χ3v) is 6.38. The first-order chi connectivity index (χ1) is 15.5. The molecule has 3 N–H and O–H groups in total. The molecule has 0 radical (unpaired) electrons. The average Bonchev–Trinajstić information content (AvgIpc) is 2.78. The second-order valence-corrected chi connectivity index (χ2v) is 10.3. The molecule has 5 atom stereocenters. The van der Waals surface area contributed by atoms with Gasteiger partial charge in [-0.25, -0.2) is 8.42 Å². The standard InChI is InChI=1S/C23H28O9S/c1-13(2)22(27)30-12-18-19(24)20(25)21(26)23(32-18)31-16-8-4-14(5-9-16)15-6-10-17(11-7-15)33(3,28)29/h4-11,13,18-21,23-26H,12H2,1-3H3/t18-,19-,20+,21+,23+/m1/s1. The number of esters is 1. The van der Waals surface area contributed by atoms with Crippen LogP contribution in [0.15, 0.2) is 53.4 Å². The molecular formula is C23H28O9S. The second-order valence-electron chi connectivity index (χ2n) is 8.24. The molecule has 0 amide bonds. The number of aliphatic hydroxyl groups excluding tert-OH is 3. The Morgan fingerprint density at radius 2 is 1.48 bits per heavy atom. The van der Waals surface area contributed by atoms with Crippen molar-refractivity contribution in [1.29, 1.82) is 0 Å². The molecule has 1 aliphatic rings. The summed E-state index contributed by atoms with van der Waals surface area (Å²) in [5, 5.41) is 30.6. The maximum Gasteiger partial charge on any atom is 0.308 e. The van der Waals surface area contributed by atoms with Crippen LogP contribution >= 0.6 is 0 Å². The van der Waals surface area contributed by atoms with Gasteiger partial charge in [0.2, 0.25) is 6.29 Å². The van der Waals surface area contributed by atoms with Gasteiger partial charge in [-0.1, -0.05) is 38.1 Å². The fourth-order valence-electron chi connectivity index (χ4n) is 3.24. The fraction of sp³-hybridized carbons (Fsp3) is 0.435. The van der Waals surface area contributed by atoms with Gasteiger partial charge in [0.1, 0.15) is 36.8 Å². The fourth-order valence-corrected chi connectivity index (χ4v) is 3.87. The Hall–Kier alpha value is -2.50. The molecule has 0 aliphatic carbocycles. The Labute approximate surface area is 192 Å².